The molecule has 0 radical (unpaired) electrons. The van der Waals surface area contributed by atoms with Gasteiger partial charge in [0.05, 0.1) is 11.3 Å². The Hall–Kier alpha value is -2.35. The summed E-state index contributed by atoms with van der Waals surface area (Å²) in [4.78, 5) is 12.1. The number of carbonyl (C=O) groups is 1. The van der Waals surface area contributed by atoms with E-state index < -0.39 is 11.7 Å². The van der Waals surface area contributed by atoms with Crippen LogP contribution >= 0.6 is 11.6 Å². The van der Waals surface area contributed by atoms with Gasteiger partial charge in [0, 0.05) is 10.6 Å². The summed E-state index contributed by atoms with van der Waals surface area (Å²) in [6.45, 7) is -0.312. The Morgan fingerprint density at radius 3 is 2.76 bits per heavy atom. The highest BCUT2D eigenvalue weighted by Gasteiger charge is 2.12. The first-order chi connectivity index (χ1) is 10.1. The number of benzene rings is 2. The first-order valence-electron chi connectivity index (χ1n) is 6.07. The van der Waals surface area contributed by atoms with Crippen molar-refractivity contribution in [3.63, 3.8) is 0 Å². The van der Waals surface area contributed by atoms with E-state index in [2.05, 4.69) is 17.2 Å². The van der Waals surface area contributed by atoms with Crippen LogP contribution in [-0.4, -0.2) is 17.6 Å². The molecule has 0 atom stereocenters. The number of carbonyl (C=O) groups excluding carboxylic acids is 1. The normalized spacial score (nSPS) is 9.67. The van der Waals surface area contributed by atoms with Crippen molar-refractivity contribution < 1.29 is 14.3 Å². The molecule has 1 amide bonds. The van der Waals surface area contributed by atoms with Gasteiger partial charge in [0.25, 0.3) is 5.91 Å². The van der Waals surface area contributed by atoms with E-state index >= 15 is 0 Å². The molecule has 2 aromatic carbocycles. The van der Waals surface area contributed by atoms with Crippen LogP contribution in [0, 0.1) is 17.7 Å². The first-order valence-corrected chi connectivity index (χ1v) is 6.45. The highest BCUT2D eigenvalue weighted by atomic mass is 35.5. The molecule has 0 aromatic heterocycles. The maximum absolute atomic E-state index is 13.6. The lowest BCUT2D eigenvalue weighted by molar-refractivity contribution is 0.102. The van der Waals surface area contributed by atoms with Gasteiger partial charge in [-0.2, -0.15) is 0 Å². The maximum atomic E-state index is 13.6. The van der Waals surface area contributed by atoms with Gasteiger partial charge in [0.2, 0.25) is 0 Å². The zero-order valence-corrected chi connectivity index (χ0v) is 11.6. The molecule has 2 N–H and O–H groups in total. The number of rotatable bonds is 2. The molecular weight excluding hydrogens is 293 g/mol. The van der Waals surface area contributed by atoms with Crippen molar-refractivity contribution >= 4 is 23.2 Å². The van der Waals surface area contributed by atoms with Gasteiger partial charge in [-0.05, 0) is 30.3 Å². The van der Waals surface area contributed by atoms with E-state index in [0.717, 1.165) is 0 Å². The number of nitrogens with one attached hydrogen (secondary N) is 1. The van der Waals surface area contributed by atoms with Gasteiger partial charge in [-0.25, -0.2) is 4.39 Å². The predicted molar refractivity (Wildman–Crippen MR) is 79.8 cm³/mol. The van der Waals surface area contributed by atoms with E-state index in [9.17, 15) is 9.18 Å². The van der Waals surface area contributed by atoms with Gasteiger partial charge in [-0.3, -0.25) is 4.79 Å². The van der Waals surface area contributed by atoms with E-state index in [0.29, 0.717) is 16.3 Å². The first kappa shape index (κ1) is 15.0. The van der Waals surface area contributed by atoms with Crippen molar-refractivity contribution in [3.8, 4) is 11.8 Å². The molecule has 0 unspecified atom stereocenters. The lowest BCUT2D eigenvalue weighted by Gasteiger charge is -2.08. The average Bonchev–Trinajstić information content (AvgIpc) is 2.47. The summed E-state index contributed by atoms with van der Waals surface area (Å²) in [5.74, 6) is 3.97. The Morgan fingerprint density at radius 1 is 1.29 bits per heavy atom. The minimum Gasteiger partial charge on any atom is -0.384 e. The number of aliphatic hydroxyl groups is 1. The van der Waals surface area contributed by atoms with Crippen LogP contribution in [0.4, 0.5) is 10.1 Å². The Labute approximate surface area is 126 Å². The molecule has 0 aliphatic heterocycles. The highest BCUT2D eigenvalue weighted by molar-refractivity contribution is 6.30. The summed E-state index contributed by atoms with van der Waals surface area (Å²) in [7, 11) is 0. The number of amides is 1. The van der Waals surface area contributed by atoms with Crippen LogP contribution in [0.25, 0.3) is 0 Å². The van der Waals surface area contributed by atoms with Crippen LogP contribution in [0.5, 0.6) is 0 Å². The Kier molecular flexibility index (Phi) is 4.94. The van der Waals surface area contributed by atoms with Gasteiger partial charge in [-0.15, -0.1) is 0 Å². The van der Waals surface area contributed by atoms with E-state index in [1.54, 1.807) is 24.3 Å². The Bertz CT molecular complexity index is 735. The number of anilines is 1. The number of hydrogen-bond acceptors (Lipinski definition) is 2. The van der Waals surface area contributed by atoms with Crippen molar-refractivity contribution in [2.75, 3.05) is 11.9 Å². The fraction of sp³-hybridized carbons (Fsp3) is 0.0625. The molecule has 0 saturated heterocycles. The average molecular weight is 304 g/mol. The van der Waals surface area contributed by atoms with Crippen molar-refractivity contribution in [3.05, 3.63) is 64.4 Å². The number of hydrogen-bond donors (Lipinski definition) is 2. The summed E-state index contributed by atoms with van der Waals surface area (Å²) in [6, 6.07) is 10.4. The van der Waals surface area contributed by atoms with Crippen LogP contribution in [-0.2, 0) is 0 Å². The molecule has 0 aliphatic carbocycles. The zero-order valence-electron chi connectivity index (χ0n) is 10.9. The molecule has 2 rings (SSSR count). The molecule has 0 aliphatic rings. The van der Waals surface area contributed by atoms with E-state index in [1.807, 2.05) is 0 Å². The SMILES string of the molecule is O=C(Nc1ccc(Cl)cc1C#CCO)c1ccccc1F. The molecule has 0 saturated carbocycles. The van der Waals surface area contributed by atoms with Gasteiger partial charge in [0.15, 0.2) is 0 Å². The fourth-order valence-corrected chi connectivity index (χ4v) is 1.87. The molecule has 0 fully saturated rings. The van der Waals surface area contributed by atoms with Crippen molar-refractivity contribution in [2.45, 2.75) is 0 Å². The highest BCUT2D eigenvalue weighted by Crippen LogP contribution is 2.21. The Balaban J connectivity index is 2.31. The molecule has 0 heterocycles. The quantitative estimate of drug-likeness (QED) is 0.838. The molecular formula is C16H11ClFNO2. The summed E-state index contributed by atoms with van der Waals surface area (Å²) in [6.07, 6.45) is 0. The summed E-state index contributed by atoms with van der Waals surface area (Å²) in [5, 5.41) is 11.8. The summed E-state index contributed by atoms with van der Waals surface area (Å²) < 4.78 is 13.6. The minimum absolute atomic E-state index is 0.0616. The molecule has 3 nitrogen and oxygen atoms in total. The molecule has 0 spiro atoms. The largest absolute Gasteiger partial charge is 0.384 e. The fourth-order valence-electron chi connectivity index (χ4n) is 1.70. The van der Waals surface area contributed by atoms with Crippen molar-refractivity contribution in [1.29, 1.82) is 0 Å². The van der Waals surface area contributed by atoms with Crippen molar-refractivity contribution in [1.82, 2.24) is 0 Å². The van der Waals surface area contributed by atoms with Crippen molar-refractivity contribution in [2.24, 2.45) is 0 Å². The molecule has 2 aromatic rings. The Morgan fingerprint density at radius 2 is 2.05 bits per heavy atom. The van der Waals surface area contributed by atoms with Gasteiger partial charge in [0.1, 0.15) is 12.4 Å². The second-order valence-electron chi connectivity index (χ2n) is 4.08. The third-order valence-corrected chi connectivity index (χ3v) is 2.89. The minimum atomic E-state index is -0.605. The summed E-state index contributed by atoms with van der Waals surface area (Å²) >= 11 is 5.87. The van der Waals surface area contributed by atoms with E-state index in [-0.39, 0.29) is 12.2 Å². The second-order valence-corrected chi connectivity index (χ2v) is 4.52. The lowest BCUT2D eigenvalue weighted by Crippen LogP contribution is -2.14. The summed E-state index contributed by atoms with van der Waals surface area (Å²) in [5.41, 5.74) is 0.781. The van der Waals surface area contributed by atoms with Crippen LogP contribution in [0.15, 0.2) is 42.5 Å². The number of aliphatic hydroxyl groups excluding tert-OH is 1. The third kappa shape index (κ3) is 3.82. The van der Waals surface area contributed by atoms with Crippen LogP contribution in [0.1, 0.15) is 15.9 Å². The number of halogens is 2. The van der Waals surface area contributed by atoms with Gasteiger partial charge in [-0.1, -0.05) is 35.6 Å². The third-order valence-electron chi connectivity index (χ3n) is 2.65. The molecule has 106 valence electrons. The van der Waals surface area contributed by atoms with Gasteiger partial charge >= 0.3 is 0 Å². The molecule has 5 heteroatoms. The van der Waals surface area contributed by atoms with Crippen LogP contribution in [0.3, 0.4) is 0 Å². The van der Waals surface area contributed by atoms with Gasteiger partial charge < -0.3 is 10.4 Å². The van der Waals surface area contributed by atoms with E-state index in [4.69, 9.17) is 16.7 Å². The van der Waals surface area contributed by atoms with Crippen LogP contribution in [0.2, 0.25) is 5.02 Å². The standard InChI is InChI=1S/C16H11ClFNO2/c17-12-7-8-15(11(10-12)4-3-9-20)19-16(21)13-5-1-2-6-14(13)18/h1-2,5-8,10,20H,9H2,(H,19,21). The predicted octanol–water partition coefficient (Wildman–Crippen LogP) is 3.08. The lowest BCUT2D eigenvalue weighted by atomic mass is 10.1. The second kappa shape index (κ2) is 6.89. The monoisotopic (exact) mass is 303 g/mol. The smallest absolute Gasteiger partial charge is 0.258 e. The maximum Gasteiger partial charge on any atom is 0.258 e. The molecule has 0 bridgehead atoms. The van der Waals surface area contributed by atoms with E-state index in [1.165, 1.54) is 18.2 Å². The van der Waals surface area contributed by atoms with Crippen LogP contribution < -0.4 is 5.32 Å². The zero-order chi connectivity index (χ0) is 15.2. The topological polar surface area (TPSA) is 49.3 Å². The molecule has 21 heavy (non-hydrogen) atoms.